The second-order valence-electron chi connectivity index (χ2n) is 3.57. The minimum Gasteiger partial charge on any atom is -0.330 e. The average molecular weight is 255 g/mol. The molecule has 0 saturated heterocycles. The molecule has 0 spiro atoms. The van der Waals surface area contributed by atoms with Crippen LogP contribution in [0.5, 0.6) is 0 Å². The molecule has 2 nitrogen and oxygen atoms in total. The van der Waals surface area contributed by atoms with Crippen LogP contribution in [0.1, 0.15) is 37.5 Å². The summed E-state index contributed by atoms with van der Waals surface area (Å²) >= 11 is 0.750. The van der Waals surface area contributed by atoms with Gasteiger partial charge in [0.05, 0.1) is 0 Å². The van der Waals surface area contributed by atoms with Crippen molar-refractivity contribution in [1.29, 1.82) is 0 Å². The maximum Gasteiger partial charge on any atom is 0.0208 e. The Kier molecular flexibility index (Phi) is 10.3. The monoisotopic (exact) mass is 255 g/mol. The maximum absolute atomic E-state index is 7.49. The van der Waals surface area contributed by atoms with E-state index in [0.29, 0.717) is 0 Å². The quantitative estimate of drug-likeness (QED) is 0.750. The molecular weight excluding hydrogens is 230 g/mol. The molecule has 1 aliphatic rings. The van der Waals surface area contributed by atoms with Crippen molar-refractivity contribution in [3.05, 3.63) is 34.9 Å². The zero-order valence-electron chi connectivity index (χ0n) is 11.4. The molecule has 0 unspecified atom stereocenters. The summed E-state index contributed by atoms with van der Waals surface area (Å²) < 4.78 is 7.49. The fourth-order valence-electron chi connectivity index (χ4n) is 1.75. The van der Waals surface area contributed by atoms with Crippen LogP contribution in [0, 0.1) is 0 Å². The van der Waals surface area contributed by atoms with E-state index in [1.807, 2.05) is 13.8 Å². The van der Waals surface area contributed by atoms with Crippen molar-refractivity contribution in [1.82, 2.24) is 5.32 Å². The van der Waals surface area contributed by atoms with Crippen molar-refractivity contribution in [3.8, 4) is 0 Å². The fraction of sp³-hybridized carbons (Fsp3) is 0.571. The van der Waals surface area contributed by atoms with Crippen LogP contribution in [0.2, 0.25) is 0 Å². The number of benzene rings is 1. The first-order chi connectivity index (χ1) is 8.31. The minimum atomic E-state index is 0.750. The summed E-state index contributed by atoms with van der Waals surface area (Å²) in [6, 6.07) is 6.88. The Hall–Kier alpha value is -0.510. The SMILES string of the molecule is CC.CCc1ccc2c(c1)CNCC2.CSO. The third-order valence-electron chi connectivity index (χ3n) is 2.57. The predicted molar refractivity (Wildman–Crippen MR) is 78.7 cm³/mol. The van der Waals surface area contributed by atoms with E-state index in [9.17, 15) is 0 Å². The van der Waals surface area contributed by atoms with Gasteiger partial charge in [-0.3, -0.25) is 0 Å². The van der Waals surface area contributed by atoms with E-state index < -0.39 is 0 Å². The molecule has 0 atom stereocenters. The van der Waals surface area contributed by atoms with E-state index in [-0.39, 0.29) is 0 Å². The summed E-state index contributed by atoms with van der Waals surface area (Å²) in [6.07, 6.45) is 3.94. The smallest absolute Gasteiger partial charge is 0.0208 e. The van der Waals surface area contributed by atoms with E-state index in [1.54, 1.807) is 6.26 Å². The van der Waals surface area contributed by atoms with Gasteiger partial charge in [-0.1, -0.05) is 39.0 Å². The Morgan fingerprint density at radius 3 is 2.53 bits per heavy atom. The molecule has 0 fully saturated rings. The molecule has 0 aliphatic carbocycles. The lowest BCUT2D eigenvalue weighted by molar-refractivity contribution is 0.643. The highest BCUT2D eigenvalue weighted by atomic mass is 32.2. The fourth-order valence-corrected chi connectivity index (χ4v) is 1.75. The van der Waals surface area contributed by atoms with Gasteiger partial charge in [-0.2, -0.15) is 0 Å². The summed E-state index contributed by atoms with van der Waals surface area (Å²) in [6.45, 7) is 8.40. The molecule has 2 N–H and O–H groups in total. The van der Waals surface area contributed by atoms with Crippen LogP contribution in [0.4, 0.5) is 0 Å². The zero-order chi connectivity index (χ0) is 13.1. The molecule has 2 rings (SSSR count). The van der Waals surface area contributed by atoms with Crippen molar-refractivity contribution in [3.63, 3.8) is 0 Å². The van der Waals surface area contributed by atoms with E-state index in [1.165, 1.54) is 23.1 Å². The molecule has 0 aromatic heterocycles. The van der Waals surface area contributed by atoms with E-state index in [0.717, 1.165) is 31.6 Å². The summed E-state index contributed by atoms with van der Waals surface area (Å²) in [5, 5.41) is 3.39. The number of nitrogens with one attached hydrogen (secondary N) is 1. The second kappa shape index (κ2) is 10.6. The number of fused-ring (bicyclic) bond motifs is 1. The molecule has 0 bridgehead atoms. The Labute approximate surface area is 110 Å². The van der Waals surface area contributed by atoms with Crippen molar-refractivity contribution >= 4 is 12.0 Å². The lowest BCUT2D eigenvalue weighted by Gasteiger charge is -2.17. The molecule has 1 aromatic rings. The summed E-state index contributed by atoms with van der Waals surface area (Å²) in [7, 11) is 0. The summed E-state index contributed by atoms with van der Waals surface area (Å²) in [5.41, 5.74) is 4.49. The van der Waals surface area contributed by atoms with E-state index in [4.69, 9.17) is 4.55 Å². The molecular formula is C14H25NOS. The summed E-state index contributed by atoms with van der Waals surface area (Å²) in [5.74, 6) is 0. The molecule has 17 heavy (non-hydrogen) atoms. The van der Waals surface area contributed by atoms with E-state index >= 15 is 0 Å². The van der Waals surface area contributed by atoms with Gasteiger partial charge in [-0.25, -0.2) is 0 Å². The highest BCUT2D eigenvalue weighted by molar-refractivity contribution is 7.93. The highest BCUT2D eigenvalue weighted by Gasteiger charge is 2.07. The van der Waals surface area contributed by atoms with Crippen molar-refractivity contribution in [2.75, 3.05) is 12.8 Å². The number of hydrogen-bond acceptors (Lipinski definition) is 3. The maximum atomic E-state index is 7.49. The molecule has 1 aliphatic heterocycles. The van der Waals surface area contributed by atoms with Crippen LogP contribution in [0.25, 0.3) is 0 Å². The van der Waals surface area contributed by atoms with Gasteiger partial charge in [0.15, 0.2) is 0 Å². The standard InChI is InChI=1S/C11H15N.C2H6.CH4OS/c1-2-9-3-4-10-5-6-12-8-11(10)7-9;1-2;1-3-2/h3-4,7,12H,2,5-6,8H2,1H3;1-2H3;2H,1H3. The van der Waals surface area contributed by atoms with Gasteiger partial charge < -0.3 is 9.87 Å². The van der Waals surface area contributed by atoms with Gasteiger partial charge in [0.1, 0.15) is 0 Å². The Bertz CT molecular complexity index is 302. The van der Waals surface area contributed by atoms with Gasteiger partial charge in [0, 0.05) is 12.8 Å². The molecule has 98 valence electrons. The van der Waals surface area contributed by atoms with Crippen LogP contribution in [-0.2, 0) is 19.4 Å². The van der Waals surface area contributed by atoms with Crippen LogP contribution in [0.3, 0.4) is 0 Å². The zero-order valence-corrected chi connectivity index (χ0v) is 12.2. The third kappa shape index (κ3) is 6.10. The van der Waals surface area contributed by atoms with Crippen molar-refractivity contribution in [2.24, 2.45) is 0 Å². The van der Waals surface area contributed by atoms with Crippen LogP contribution < -0.4 is 5.32 Å². The van der Waals surface area contributed by atoms with Crippen LogP contribution in [-0.4, -0.2) is 17.4 Å². The molecule has 1 heterocycles. The topological polar surface area (TPSA) is 32.3 Å². The number of aryl methyl sites for hydroxylation is 1. The Morgan fingerprint density at radius 2 is 1.94 bits per heavy atom. The van der Waals surface area contributed by atoms with Gasteiger partial charge in [-0.05, 0) is 48.1 Å². The van der Waals surface area contributed by atoms with Gasteiger partial charge in [0.25, 0.3) is 0 Å². The lowest BCUT2D eigenvalue weighted by Crippen LogP contribution is -2.23. The first kappa shape index (κ1) is 16.5. The average Bonchev–Trinajstić information content (AvgIpc) is 2.41. The van der Waals surface area contributed by atoms with Crippen LogP contribution in [0.15, 0.2) is 18.2 Å². The summed E-state index contributed by atoms with van der Waals surface area (Å²) in [4.78, 5) is 0. The largest absolute Gasteiger partial charge is 0.330 e. The first-order valence-corrected chi connectivity index (χ1v) is 7.49. The number of rotatable bonds is 1. The molecule has 1 aromatic carbocycles. The highest BCUT2D eigenvalue weighted by Crippen LogP contribution is 2.15. The molecule has 3 heteroatoms. The first-order valence-electron chi connectivity index (χ1n) is 6.30. The molecule has 0 saturated carbocycles. The lowest BCUT2D eigenvalue weighted by atomic mass is 9.98. The Morgan fingerprint density at radius 1 is 1.29 bits per heavy atom. The predicted octanol–water partition coefficient (Wildman–Crippen LogP) is 3.74. The van der Waals surface area contributed by atoms with Gasteiger partial charge in [0.2, 0.25) is 0 Å². The third-order valence-corrected chi connectivity index (χ3v) is 2.57. The second-order valence-corrected chi connectivity index (χ2v) is 3.93. The van der Waals surface area contributed by atoms with E-state index in [2.05, 4.69) is 30.4 Å². The van der Waals surface area contributed by atoms with Crippen LogP contribution >= 0.6 is 12.0 Å². The normalized spacial score (nSPS) is 12.5. The van der Waals surface area contributed by atoms with Crippen molar-refractivity contribution in [2.45, 2.75) is 40.2 Å². The Balaban J connectivity index is 0.000000450. The van der Waals surface area contributed by atoms with Gasteiger partial charge >= 0.3 is 0 Å². The molecule has 0 amide bonds. The van der Waals surface area contributed by atoms with Gasteiger partial charge in [-0.15, -0.1) is 0 Å². The number of hydrogen-bond donors (Lipinski definition) is 2. The minimum absolute atomic E-state index is 0.750. The molecule has 0 radical (unpaired) electrons. The van der Waals surface area contributed by atoms with Crippen molar-refractivity contribution < 1.29 is 4.55 Å².